The van der Waals surface area contributed by atoms with Gasteiger partial charge in [0.15, 0.2) is 11.5 Å². The molecule has 0 fully saturated rings. The minimum absolute atomic E-state index is 0.782. The van der Waals surface area contributed by atoms with E-state index in [4.69, 9.17) is 14.5 Å². The maximum Gasteiger partial charge on any atom is 0.161 e. The molecule has 0 saturated carbocycles. The molecule has 0 radical (unpaired) electrons. The molecule has 0 spiro atoms. The van der Waals surface area contributed by atoms with Gasteiger partial charge in [0, 0.05) is 27.9 Å². The van der Waals surface area contributed by atoms with Gasteiger partial charge in [-0.05, 0) is 55.4 Å². The van der Waals surface area contributed by atoms with Crippen LogP contribution in [0, 0.1) is 0 Å². The summed E-state index contributed by atoms with van der Waals surface area (Å²) >= 11 is 1.90. The molecule has 0 saturated heterocycles. The summed E-state index contributed by atoms with van der Waals surface area (Å²) in [6, 6.07) is 4.21. The van der Waals surface area contributed by atoms with Crippen LogP contribution in [0.2, 0.25) is 0 Å². The Labute approximate surface area is 141 Å². The first kappa shape index (κ1) is 14.8. The van der Waals surface area contributed by atoms with Crippen molar-refractivity contribution in [3.63, 3.8) is 0 Å². The van der Waals surface area contributed by atoms with Crippen molar-refractivity contribution in [1.82, 2.24) is 0 Å². The van der Waals surface area contributed by atoms with Crippen LogP contribution >= 0.6 is 11.3 Å². The molecule has 0 atom stereocenters. The predicted octanol–water partition coefficient (Wildman–Crippen LogP) is 4.04. The van der Waals surface area contributed by atoms with Gasteiger partial charge in [0.1, 0.15) is 0 Å². The molecule has 0 unspecified atom stereocenters. The molecule has 1 aliphatic heterocycles. The molecule has 0 bridgehead atoms. The van der Waals surface area contributed by atoms with Crippen molar-refractivity contribution in [2.45, 2.75) is 32.1 Å². The molecule has 2 aromatic rings. The molecule has 2 aliphatic rings. The zero-order chi connectivity index (χ0) is 15.8. The van der Waals surface area contributed by atoms with E-state index < -0.39 is 0 Å². The average Bonchev–Trinajstić information content (AvgIpc) is 3.03. The fourth-order valence-electron chi connectivity index (χ4n) is 3.64. The zero-order valence-corrected chi connectivity index (χ0v) is 14.5. The molecule has 1 aromatic heterocycles. The second-order valence-corrected chi connectivity index (χ2v) is 7.07. The minimum Gasteiger partial charge on any atom is -0.493 e. The van der Waals surface area contributed by atoms with Crippen LogP contribution in [0.1, 0.15) is 40.0 Å². The molecule has 1 aromatic carbocycles. The number of methoxy groups -OCH3 is 2. The molecule has 0 amide bonds. The maximum absolute atomic E-state index is 5.50. The Kier molecular flexibility index (Phi) is 3.85. The number of ether oxygens (including phenoxy) is 2. The summed E-state index contributed by atoms with van der Waals surface area (Å²) in [5, 5.41) is 2.31. The Balaban J connectivity index is 1.83. The van der Waals surface area contributed by atoms with E-state index in [0.717, 1.165) is 30.2 Å². The zero-order valence-electron chi connectivity index (χ0n) is 13.6. The number of fused-ring (bicyclic) bond motifs is 2. The van der Waals surface area contributed by atoms with Crippen molar-refractivity contribution in [1.29, 1.82) is 0 Å². The first-order valence-electron chi connectivity index (χ1n) is 8.21. The van der Waals surface area contributed by atoms with Crippen molar-refractivity contribution >= 4 is 17.0 Å². The molecular formula is C19H21NO2S. The van der Waals surface area contributed by atoms with Crippen LogP contribution in [0.15, 0.2) is 22.5 Å². The molecule has 2 heterocycles. The standard InChI is InChI=1S/C19H21NO2S/c1-21-16-9-12-7-8-20-19(14(12)10-17(16)22-2)15-11-23-18-6-4-3-5-13(15)18/h9-11H,3-8H2,1-2H3. The maximum atomic E-state index is 5.50. The molecule has 3 nitrogen and oxygen atoms in total. The molecule has 4 rings (SSSR count). The van der Waals surface area contributed by atoms with Gasteiger partial charge in [-0.2, -0.15) is 0 Å². The number of nitrogens with zero attached hydrogens (tertiary/aromatic N) is 1. The summed E-state index contributed by atoms with van der Waals surface area (Å²) in [4.78, 5) is 6.44. The van der Waals surface area contributed by atoms with Crippen LogP contribution in [-0.4, -0.2) is 26.5 Å². The highest BCUT2D eigenvalue weighted by Crippen LogP contribution is 2.37. The van der Waals surface area contributed by atoms with Crippen molar-refractivity contribution in [2.24, 2.45) is 4.99 Å². The third-order valence-electron chi connectivity index (χ3n) is 4.83. The number of aryl methyl sites for hydroxylation is 1. The van der Waals surface area contributed by atoms with Gasteiger partial charge in [-0.1, -0.05) is 0 Å². The van der Waals surface area contributed by atoms with Crippen LogP contribution < -0.4 is 9.47 Å². The van der Waals surface area contributed by atoms with Crippen molar-refractivity contribution in [3.8, 4) is 11.5 Å². The summed E-state index contributed by atoms with van der Waals surface area (Å²) in [6.07, 6.45) is 6.00. The quantitative estimate of drug-likeness (QED) is 0.852. The van der Waals surface area contributed by atoms with Crippen LogP contribution in [0.4, 0.5) is 0 Å². The number of benzene rings is 1. The summed E-state index contributed by atoms with van der Waals surface area (Å²) in [5.74, 6) is 1.59. The van der Waals surface area contributed by atoms with Crippen molar-refractivity contribution < 1.29 is 9.47 Å². The van der Waals surface area contributed by atoms with Gasteiger partial charge < -0.3 is 9.47 Å². The minimum atomic E-state index is 0.782. The number of aliphatic imine (C=N–C) groups is 1. The number of hydrogen-bond donors (Lipinski definition) is 0. The van der Waals surface area contributed by atoms with Gasteiger partial charge in [0.2, 0.25) is 0 Å². The Bertz CT molecular complexity index is 776. The van der Waals surface area contributed by atoms with Gasteiger partial charge in [-0.25, -0.2) is 0 Å². The monoisotopic (exact) mass is 327 g/mol. The van der Waals surface area contributed by atoms with Gasteiger partial charge >= 0.3 is 0 Å². The molecule has 1 aliphatic carbocycles. The molecular weight excluding hydrogens is 306 g/mol. The number of rotatable bonds is 3. The van der Waals surface area contributed by atoms with Gasteiger partial charge in [-0.15, -0.1) is 11.3 Å². The largest absolute Gasteiger partial charge is 0.493 e. The number of hydrogen-bond acceptors (Lipinski definition) is 4. The predicted molar refractivity (Wildman–Crippen MR) is 94.7 cm³/mol. The van der Waals surface area contributed by atoms with E-state index in [9.17, 15) is 0 Å². The van der Waals surface area contributed by atoms with Crippen LogP contribution in [-0.2, 0) is 19.3 Å². The fourth-order valence-corrected chi connectivity index (χ4v) is 4.77. The highest BCUT2D eigenvalue weighted by Gasteiger charge is 2.24. The lowest BCUT2D eigenvalue weighted by Crippen LogP contribution is -2.16. The SMILES string of the molecule is COc1cc2c(cc1OC)C(c1csc3c1CCCC3)=NCC2. The summed E-state index contributed by atoms with van der Waals surface area (Å²) < 4.78 is 11.0. The molecule has 23 heavy (non-hydrogen) atoms. The smallest absolute Gasteiger partial charge is 0.161 e. The first-order valence-corrected chi connectivity index (χ1v) is 9.09. The van der Waals surface area contributed by atoms with Crippen molar-refractivity contribution in [3.05, 3.63) is 44.6 Å². The lowest BCUT2D eigenvalue weighted by Gasteiger charge is -2.21. The van der Waals surface area contributed by atoms with E-state index in [1.54, 1.807) is 19.1 Å². The lowest BCUT2D eigenvalue weighted by molar-refractivity contribution is 0.354. The van der Waals surface area contributed by atoms with Crippen LogP contribution in [0.3, 0.4) is 0 Å². The molecule has 0 N–H and O–H groups in total. The average molecular weight is 327 g/mol. The van der Waals surface area contributed by atoms with Crippen LogP contribution in [0.5, 0.6) is 11.5 Å². The summed E-state index contributed by atoms with van der Waals surface area (Å²) in [7, 11) is 3.38. The molecule has 120 valence electrons. The summed E-state index contributed by atoms with van der Waals surface area (Å²) in [6.45, 7) is 0.850. The van der Waals surface area contributed by atoms with E-state index in [0.29, 0.717) is 0 Å². The Hall–Kier alpha value is -1.81. The van der Waals surface area contributed by atoms with E-state index in [1.165, 1.54) is 47.9 Å². The lowest BCUT2D eigenvalue weighted by atomic mass is 9.88. The van der Waals surface area contributed by atoms with E-state index in [2.05, 4.69) is 17.5 Å². The van der Waals surface area contributed by atoms with Gasteiger partial charge in [0.25, 0.3) is 0 Å². The number of thiophene rings is 1. The van der Waals surface area contributed by atoms with E-state index in [-0.39, 0.29) is 0 Å². The van der Waals surface area contributed by atoms with E-state index >= 15 is 0 Å². The third-order valence-corrected chi connectivity index (χ3v) is 5.92. The normalized spacial score (nSPS) is 16.3. The fraction of sp³-hybridized carbons (Fsp3) is 0.421. The summed E-state index contributed by atoms with van der Waals surface area (Å²) in [5.41, 5.74) is 6.54. The third kappa shape index (κ3) is 2.45. The van der Waals surface area contributed by atoms with Crippen LogP contribution in [0.25, 0.3) is 0 Å². The second-order valence-electron chi connectivity index (χ2n) is 6.10. The van der Waals surface area contributed by atoms with Gasteiger partial charge in [-0.3, -0.25) is 4.99 Å². The highest BCUT2D eigenvalue weighted by atomic mass is 32.1. The van der Waals surface area contributed by atoms with Crippen molar-refractivity contribution in [2.75, 3.05) is 20.8 Å². The Morgan fingerprint density at radius 2 is 1.74 bits per heavy atom. The second kappa shape index (κ2) is 6.00. The Morgan fingerprint density at radius 3 is 2.57 bits per heavy atom. The topological polar surface area (TPSA) is 30.8 Å². The highest BCUT2D eigenvalue weighted by molar-refractivity contribution is 7.10. The molecule has 4 heteroatoms. The Morgan fingerprint density at radius 1 is 0.957 bits per heavy atom. The first-order chi connectivity index (χ1) is 11.3. The van der Waals surface area contributed by atoms with Gasteiger partial charge in [0.05, 0.1) is 19.9 Å². The van der Waals surface area contributed by atoms with E-state index in [1.807, 2.05) is 11.3 Å².